The van der Waals surface area contributed by atoms with Gasteiger partial charge in [0, 0.05) is 29.9 Å². The number of amides is 1. The highest BCUT2D eigenvalue weighted by Crippen LogP contribution is 2.23. The summed E-state index contributed by atoms with van der Waals surface area (Å²) in [6.07, 6.45) is 3.31. The summed E-state index contributed by atoms with van der Waals surface area (Å²) in [6, 6.07) is 11.2. The lowest BCUT2D eigenvalue weighted by atomic mass is 10.2. The number of rotatable bonds is 7. The average molecular weight is 407 g/mol. The Kier molecular flexibility index (Phi) is 5.57. The van der Waals surface area contributed by atoms with Crippen LogP contribution < -0.4 is 10.1 Å². The van der Waals surface area contributed by atoms with Gasteiger partial charge in [-0.15, -0.1) is 11.3 Å². The van der Waals surface area contributed by atoms with Gasteiger partial charge in [0.15, 0.2) is 5.01 Å². The molecular formula is C20H17N5O3S. The van der Waals surface area contributed by atoms with Crippen molar-refractivity contribution in [1.29, 1.82) is 0 Å². The number of pyridine rings is 1. The Balaban J connectivity index is 1.42. The number of carbonyl (C=O) groups excluding carboxylic acids is 1. The van der Waals surface area contributed by atoms with Gasteiger partial charge in [-0.1, -0.05) is 17.3 Å². The molecule has 0 atom stereocenters. The molecule has 1 amide bonds. The number of nitrogens with one attached hydrogen (secondary N) is 1. The highest BCUT2D eigenvalue weighted by molar-refractivity contribution is 7.12. The van der Waals surface area contributed by atoms with E-state index in [-0.39, 0.29) is 11.8 Å². The van der Waals surface area contributed by atoms with Gasteiger partial charge in [-0.2, -0.15) is 4.98 Å². The van der Waals surface area contributed by atoms with E-state index in [2.05, 4.69) is 25.4 Å². The summed E-state index contributed by atoms with van der Waals surface area (Å²) in [5.74, 6) is 1.21. The normalized spacial score (nSPS) is 10.7. The van der Waals surface area contributed by atoms with Crippen molar-refractivity contribution in [2.24, 2.45) is 0 Å². The van der Waals surface area contributed by atoms with Crippen molar-refractivity contribution in [1.82, 2.24) is 25.4 Å². The van der Waals surface area contributed by atoms with Crippen LogP contribution in [-0.2, 0) is 6.54 Å². The standard InChI is InChI=1S/C20H17N5O3S/c1-2-27-15-5-3-4-13(10-15)11-22-18(26)20-23-16(12-29-20)19-24-17(25-28-19)14-6-8-21-9-7-14/h3-10,12H,2,11H2,1H3,(H,22,26). The molecule has 0 unspecified atom stereocenters. The van der Waals surface area contributed by atoms with Gasteiger partial charge >= 0.3 is 0 Å². The van der Waals surface area contributed by atoms with Crippen LogP contribution in [0.3, 0.4) is 0 Å². The van der Waals surface area contributed by atoms with Gasteiger partial charge in [0.25, 0.3) is 11.8 Å². The van der Waals surface area contributed by atoms with E-state index in [1.807, 2.05) is 31.2 Å². The lowest BCUT2D eigenvalue weighted by molar-refractivity contribution is 0.0950. The molecule has 3 heterocycles. The van der Waals surface area contributed by atoms with E-state index in [0.29, 0.717) is 29.7 Å². The molecule has 9 heteroatoms. The summed E-state index contributed by atoms with van der Waals surface area (Å²) < 4.78 is 10.8. The molecular weight excluding hydrogens is 390 g/mol. The van der Waals surface area contributed by atoms with Crippen molar-refractivity contribution in [3.05, 3.63) is 64.7 Å². The zero-order valence-corrected chi connectivity index (χ0v) is 16.3. The third-order valence-electron chi connectivity index (χ3n) is 3.94. The maximum Gasteiger partial charge on any atom is 0.280 e. The fourth-order valence-corrected chi connectivity index (χ4v) is 3.30. The molecule has 8 nitrogen and oxygen atoms in total. The SMILES string of the molecule is CCOc1cccc(CNC(=O)c2nc(-c3nc(-c4ccncc4)no3)cs2)c1. The van der Waals surface area contributed by atoms with Crippen molar-refractivity contribution < 1.29 is 14.1 Å². The van der Waals surface area contributed by atoms with Gasteiger partial charge in [-0.3, -0.25) is 9.78 Å². The third kappa shape index (κ3) is 4.46. The van der Waals surface area contributed by atoms with Gasteiger partial charge in [-0.25, -0.2) is 4.98 Å². The molecule has 0 saturated heterocycles. The molecule has 0 saturated carbocycles. The zero-order valence-electron chi connectivity index (χ0n) is 15.5. The lowest BCUT2D eigenvalue weighted by Crippen LogP contribution is -2.22. The molecule has 3 aromatic heterocycles. The summed E-state index contributed by atoms with van der Waals surface area (Å²) in [5.41, 5.74) is 2.20. The Labute approximate surface area is 170 Å². The Morgan fingerprint density at radius 1 is 1.21 bits per heavy atom. The number of thiazole rings is 1. The van der Waals surface area contributed by atoms with Crippen LogP contribution in [-0.4, -0.2) is 32.6 Å². The molecule has 146 valence electrons. The average Bonchev–Trinajstić information content (AvgIpc) is 3.43. The van der Waals surface area contributed by atoms with Gasteiger partial charge in [0.05, 0.1) is 6.61 Å². The van der Waals surface area contributed by atoms with Crippen molar-refractivity contribution in [2.75, 3.05) is 6.61 Å². The van der Waals surface area contributed by atoms with Crippen molar-refractivity contribution in [3.63, 3.8) is 0 Å². The fourth-order valence-electron chi connectivity index (χ4n) is 2.59. The van der Waals surface area contributed by atoms with E-state index in [0.717, 1.165) is 16.9 Å². The van der Waals surface area contributed by atoms with Crippen molar-refractivity contribution >= 4 is 17.2 Å². The molecule has 0 bridgehead atoms. The topological polar surface area (TPSA) is 103 Å². The molecule has 4 aromatic rings. The largest absolute Gasteiger partial charge is 0.494 e. The van der Waals surface area contributed by atoms with Gasteiger partial charge in [0.2, 0.25) is 5.82 Å². The van der Waals surface area contributed by atoms with Crippen LogP contribution in [0.15, 0.2) is 58.7 Å². The van der Waals surface area contributed by atoms with Crippen LogP contribution in [0.1, 0.15) is 22.3 Å². The van der Waals surface area contributed by atoms with Crippen LogP contribution in [0.2, 0.25) is 0 Å². The summed E-state index contributed by atoms with van der Waals surface area (Å²) in [6.45, 7) is 2.90. The molecule has 4 rings (SSSR count). The van der Waals surface area contributed by atoms with Crippen LogP contribution >= 0.6 is 11.3 Å². The minimum absolute atomic E-state index is 0.261. The molecule has 0 radical (unpaired) electrons. The second-order valence-corrected chi connectivity index (χ2v) is 6.82. The predicted octanol–water partition coefficient (Wildman–Crippen LogP) is 3.58. The Hall–Kier alpha value is -3.59. The number of nitrogens with zero attached hydrogens (tertiary/aromatic N) is 4. The van der Waals surface area contributed by atoms with E-state index in [1.54, 1.807) is 29.9 Å². The van der Waals surface area contributed by atoms with E-state index < -0.39 is 0 Å². The molecule has 0 fully saturated rings. The number of hydrogen-bond donors (Lipinski definition) is 1. The first kappa shape index (κ1) is 18.8. The number of ether oxygens (including phenoxy) is 1. The second-order valence-electron chi connectivity index (χ2n) is 5.96. The highest BCUT2D eigenvalue weighted by Gasteiger charge is 2.17. The first-order valence-corrected chi connectivity index (χ1v) is 9.81. The van der Waals surface area contributed by atoms with Crippen LogP contribution in [0.4, 0.5) is 0 Å². The van der Waals surface area contributed by atoms with E-state index in [9.17, 15) is 4.79 Å². The van der Waals surface area contributed by atoms with Crippen molar-refractivity contribution in [2.45, 2.75) is 13.5 Å². The molecule has 1 N–H and O–H groups in total. The number of carbonyl (C=O) groups is 1. The number of hydrogen-bond acceptors (Lipinski definition) is 8. The van der Waals surface area contributed by atoms with Gasteiger partial charge < -0.3 is 14.6 Å². The molecule has 29 heavy (non-hydrogen) atoms. The lowest BCUT2D eigenvalue weighted by Gasteiger charge is -2.06. The third-order valence-corrected chi connectivity index (χ3v) is 4.79. The maximum absolute atomic E-state index is 12.4. The Bertz CT molecular complexity index is 1110. The van der Waals surface area contributed by atoms with Gasteiger partial charge in [-0.05, 0) is 36.8 Å². The minimum Gasteiger partial charge on any atom is -0.494 e. The van der Waals surface area contributed by atoms with E-state index in [1.165, 1.54) is 11.3 Å². The monoisotopic (exact) mass is 407 g/mol. The van der Waals surface area contributed by atoms with Crippen LogP contribution in [0.5, 0.6) is 5.75 Å². The Morgan fingerprint density at radius 3 is 2.90 bits per heavy atom. The molecule has 0 spiro atoms. The van der Waals surface area contributed by atoms with Crippen LogP contribution in [0.25, 0.3) is 23.0 Å². The maximum atomic E-state index is 12.4. The zero-order chi connectivity index (χ0) is 20.1. The van der Waals surface area contributed by atoms with E-state index in [4.69, 9.17) is 9.26 Å². The molecule has 1 aromatic carbocycles. The summed E-state index contributed by atoms with van der Waals surface area (Å²) in [5, 5.41) is 8.86. The van der Waals surface area contributed by atoms with Crippen molar-refractivity contribution in [3.8, 4) is 28.7 Å². The minimum atomic E-state index is -0.267. The van der Waals surface area contributed by atoms with Crippen LogP contribution in [0, 0.1) is 0 Å². The van der Waals surface area contributed by atoms with Gasteiger partial charge in [0.1, 0.15) is 11.4 Å². The number of benzene rings is 1. The molecule has 0 aliphatic rings. The molecule has 0 aliphatic carbocycles. The Morgan fingerprint density at radius 2 is 2.07 bits per heavy atom. The summed E-state index contributed by atoms with van der Waals surface area (Å²) in [7, 11) is 0. The first-order chi connectivity index (χ1) is 14.2. The summed E-state index contributed by atoms with van der Waals surface area (Å²) >= 11 is 1.22. The summed E-state index contributed by atoms with van der Waals surface area (Å²) in [4.78, 5) is 25.1. The smallest absolute Gasteiger partial charge is 0.280 e. The fraction of sp³-hybridized carbons (Fsp3) is 0.150. The predicted molar refractivity (Wildman–Crippen MR) is 107 cm³/mol. The second kappa shape index (κ2) is 8.61. The first-order valence-electron chi connectivity index (χ1n) is 8.93. The molecule has 0 aliphatic heterocycles. The highest BCUT2D eigenvalue weighted by atomic mass is 32.1. The van der Waals surface area contributed by atoms with E-state index >= 15 is 0 Å². The number of aromatic nitrogens is 4. The quantitative estimate of drug-likeness (QED) is 0.499.